The van der Waals surface area contributed by atoms with Crippen molar-refractivity contribution in [2.75, 3.05) is 7.05 Å². The van der Waals surface area contributed by atoms with Gasteiger partial charge in [0.1, 0.15) is 0 Å². The fourth-order valence-electron chi connectivity index (χ4n) is 2.89. The topological polar surface area (TPSA) is 58.1 Å². The quantitative estimate of drug-likeness (QED) is 0.719. The molecule has 0 unspecified atom stereocenters. The van der Waals surface area contributed by atoms with Gasteiger partial charge >= 0.3 is 0 Å². The molecule has 0 spiro atoms. The van der Waals surface area contributed by atoms with Crippen LogP contribution in [0.25, 0.3) is 10.9 Å². The summed E-state index contributed by atoms with van der Waals surface area (Å²) in [5.41, 5.74) is 3.27. The number of nitrogens with one attached hydrogen (secondary N) is 1. The van der Waals surface area contributed by atoms with E-state index in [1.54, 1.807) is 37.2 Å². The maximum Gasteiger partial charge on any atom is 0.261 e. The first-order valence-electron chi connectivity index (χ1n) is 8.47. The highest BCUT2D eigenvalue weighted by molar-refractivity contribution is 7.71. The predicted octanol–water partition coefficient (Wildman–Crippen LogP) is 3.43. The summed E-state index contributed by atoms with van der Waals surface area (Å²) >= 11 is 5.15. The molecule has 5 nitrogen and oxygen atoms in total. The van der Waals surface area contributed by atoms with Gasteiger partial charge in [0.25, 0.3) is 11.5 Å². The maximum absolute atomic E-state index is 12.8. The zero-order valence-electron chi connectivity index (χ0n) is 15.1. The number of aromatic amines is 1. The first-order chi connectivity index (χ1) is 12.4. The van der Waals surface area contributed by atoms with E-state index in [0.29, 0.717) is 27.8 Å². The average molecular weight is 367 g/mol. The summed E-state index contributed by atoms with van der Waals surface area (Å²) in [4.78, 5) is 29.7. The van der Waals surface area contributed by atoms with E-state index in [4.69, 9.17) is 12.2 Å². The Hall–Kier alpha value is -2.73. The zero-order valence-corrected chi connectivity index (χ0v) is 15.9. The summed E-state index contributed by atoms with van der Waals surface area (Å²) < 4.78 is 1.71. The first kappa shape index (κ1) is 18.1. The lowest BCUT2D eigenvalue weighted by Gasteiger charge is -2.18. The Morgan fingerprint density at radius 3 is 2.46 bits per heavy atom. The molecule has 2 aromatic carbocycles. The summed E-state index contributed by atoms with van der Waals surface area (Å²) in [5, 5.41) is 0.510. The third kappa shape index (κ3) is 3.46. The highest BCUT2D eigenvalue weighted by Crippen LogP contribution is 2.14. The van der Waals surface area contributed by atoms with Gasteiger partial charge in [0, 0.05) is 26.2 Å². The Morgan fingerprint density at radius 2 is 1.81 bits per heavy atom. The van der Waals surface area contributed by atoms with Crippen LogP contribution in [0.2, 0.25) is 0 Å². The van der Waals surface area contributed by atoms with Crippen LogP contribution in [0.3, 0.4) is 0 Å². The van der Waals surface area contributed by atoms with E-state index in [2.05, 4.69) is 24.0 Å². The molecule has 134 valence electrons. The smallest absolute Gasteiger partial charge is 0.261 e. The van der Waals surface area contributed by atoms with Gasteiger partial charge in [0.15, 0.2) is 4.77 Å². The standard InChI is InChI=1S/C20H21N3O2S/c1-4-13-5-7-14(8-6-13)12-22(2)18(24)15-9-10-16-17(11-15)21-20(26)23(3)19(16)25/h5-11H,4,12H2,1-3H3,(H,21,26). The molecule has 1 heterocycles. The van der Waals surface area contributed by atoms with Crippen molar-refractivity contribution >= 4 is 29.0 Å². The molecule has 0 aliphatic carbocycles. The summed E-state index contributed by atoms with van der Waals surface area (Å²) in [5.74, 6) is -0.105. The number of benzene rings is 2. The number of rotatable bonds is 4. The van der Waals surface area contributed by atoms with Gasteiger partial charge in [0.05, 0.1) is 10.9 Å². The van der Waals surface area contributed by atoms with Gasteiger partial charge in [-0.3, -0.25) is 14.2 Å². The van der Waals surface area contributed by atoms with Crippen LogP contribution in [-0.4, -0.2) is 27.4 Å². The molecule has 0 fully saturated rings. The van der Waals surface area contributed by atoms with E-state index in [9.17, 15) is 9.59 Å². The number of hydrogen-bond donors (Lipinski definition) is 1. The van der Waals surface area contributed by atoms with Crippen LogP contribution in [0.5, 0.6) is 0 Å². The second kappa shape index (κ2) is 7.25. The summed E-state index contributed by atoms with van der Waals surface area (Å²) in [6.45, 7) is 2.64. The van der Waals surface area contributed by atoms with Gasteiger partial charge in [0.2, 0.25) is 0 Å². The van der Waals surface area contributed by atoms with Crippen LogP contribution in [0.15, 0.2) is 47.3 Å². The van der Waals surface area contributed by atoms with Crippen molar-refractivity contribution in [1.82, 2.24) is 14.5 Å². The predicted molar refractivity (Wildman–Crippen MR) is 106 cm³/mol. The van der Waals surface area contributed by atoms with Crippen LogP contribution < -0.4 is 5.56 Å². The van der Waals surface area contributed by atoms with Crippen LogP contribution in [-0.2, 0) is 20.0 Å². The van der Waals surface area contributed by atoms with Crippen molar-refractivity contribution < 1.29 is 4.79 Å². The van der Waals surface area contributed by atoms with Gasteiger partial charge in [-0.1, -0.05) is 31.2 Å². The van der Waals surface area contributed by atoms with Crippen molar-refractivity contribution in [1.29, 1.82) is 0 Å². The minimum Gasteiger partial charge on any atom is -0.337 e. The Bertz CT molecular complexity index is 1080. The molecule has 0 saturated carbocycles. The van der Waals surface area contributed by atoms with Gasteiger partial charge in [-0.25, -0.2) is 0 Å². The lowest BCUT2D eigenvalue weighted by molar-refractivity contribution is 0.0785. The zero-order chi connectivity index (χ0) is 18.8. The lowest BCUT2D eigenvalue weighted by Crippen LogP contribution is -2.26. The summed E-state index contributed by atoms with van der Waals surface area (Å²) in [6, 6.07) is 13.3. The molecule has 1 aromatic heterocycles. The van der Waals surface area contributed by atoms with Gasteiger partial charge in [-0.2, -0.15) is 0 Å². The molecule has 0 radical (unpaired) electrons. The molecule has 0 bridgehead atoms. The van der Waals surface area contributed by atoms with Gasteiger partial charge in [-0.05, 0) is 48.0 Å². The highest BCUT2D eigenvalue weighted by atomic mass is 32.1. The van der Waals surface area contributed by atoms with E-state index >= 15 is 0 Å². The van der Waals surface area contributed by atoms with E-state index < -0.39 is 0 Å². The molecular formula is C20H21N3O2S. The van der Waals surface area contributed by atoms with Crippen molar-refractivity contribution in [3.8, 4) is 0 Å². The molecule has 3 rings (SSSR count). The number of nitrogens with zero attached hydrogens (tertiary/aromatic N) is 2. The molecule has 6 heteroatoms. The molecule has 1 amide bonds. The molecule has 0 aliphatic rings. The molecule has 3 aromatic rings. The second-order valence-electron chi connectivity index (χ2n) is 6.39. The second-order valence-corrected chi connectivity index (χ2v) is 6.77. The lowest BCUT2D eigenvalue weighted by atomic mass is 10.1. The van der Waals surface area contributed by atoms with Crippen molar-refractivity contribution in [2.45, 2.75) is 19.9 Å². The fourth-order valence-corrected chi connectivity index (χ4v) is 3.08. The molecule has 26 heavy (non-hydrogen) atoms. The number of amides is 1. The number of aromatic nitrogens is 2. The van der Waals surface area contributed by atoms with Crippen LogP contribution >= 0.6 is 12.2 Å². The largest absolute Gasteiger partial charge is 0.337 e. The summed E-state index contributed by atoms with van der Waals surface area (Å²) in [6.07, 6.45) is 0.993. The fraction of sp³-hybridized carbons (Fsp3) is 0.250. The van der Waals surface area contributed by atoms with Gasteiger partial charge in [-0.15, -0.1) is 0 Å². The van der Waals surface area contributed by atoms with E-state index in [0.717, 1.165) is 12.0 Å². The number of fused-ring (bicyclic) bond motifs is 1. The number of aryl methyl sites for hydroxylation is 1. The number of carbonyl (C=O) groups excluding carboxylic acids is 1. The molecular weight excluding hydrogens is 346 g/mol. The molecule has 0 aliphatic heterocycles. The third-order valence-corrected chi connectivity index (χ3v) is 4.92. The minimum atomic E-state index is -0.174. The molecule has 0 saturated heterocycles. The Morgan fingerprint density at radius 1 is 1.15 bits per heavy atom. The summed E-state index contributed by atoms with van der Waals surface area (Å²) in [7, 11) is 3.39. The van der Waals surface area contributed by atoms with Crippen LogP contribution in [0, 0.1) is 4.77 Å². The Kier molecular flexibility index (Phi) is 5.04. The van der Waals surface area contributed by atoms with E-state index in [-0.39, 0.29) is 11.5 Å². The molecule has 0 atom stereocenters. The third-order valence-electron chi connectivity index (χ3n) is 4.55. The minimum absolute atomic E-state index is 0.105. The Labute approximate surface area is 156 Å². The van der Waals surface area contributed by atoms with E-state index in [1.165, 1.54) is 10.1 Å². The van der Waals surface area contributed by atoms with Crippen LogP contribution in [0.1, 0.15) is 28.4 Å². The first-order valence-corrected chi connectivity index (χ1v) is 8.88. The Balaban J connectivity index is 1.87. The number of H-pyrrole nitrogens is 1. The highest BCUT2D eigenvalue weighted by Gasteiger charge is 2.14. The van der Waals surface area contributed by atoms with Crippen molar-refractivity contribution in [3.05, 3.63) is 74.3 Å². The number of carbonyl (C=O) groups is 1. The molecule has 1 N–H and O–H groups in total. The van der Waals surface area contributed by atoms with E-state index in [1.807, 2.05) is 12.1 Å². The maximum atomic E-state index is 12.8. The normalized spacial score (nSPS) is 10.9. The number of hydrogen-bond acceptors (Lipinski definition) is 3. The van der Waals surface area contributed by atoms with Crippen molar-refractivity contribution in [3.63, 3.8) is 0 Å². The average Bonchev–Trinajstić information content (AvgIpc) is 2.65. The monoisotopic (exact) mass is 367 g/mol. The van der Waals surface area contributed by atoms with Gasteiger partial charge < -0.3 is 9.88 Å². The van der Waals surface area contributed by atoms with Crippen LogP contribution in [0.4, 0.5) is 0 Å². The SMILES string of the molecule is CCc1ccc(CN(C)C(=O)c2ccc3c(=O)n(C)c(=S)[nH]c3c2)cc1. The van der Waals surface area contributed by atoms with Crippen molar-refractivity contribution in [2.24, 2.45) is 7.05 Å².